The molecule has 0 saturated heterocycles. The summed E-state index contributed by atoms with van der Waals surface area (Å²) in [6.45, 7) is 0. The van der Waals surface area contributed by atoms with Crippen molar-refractivity contribution in [2.24, 2.45) is 0 Å². The number of halogens is 1. The molecule has 1 aliphatic rings. The van der Waals surface area contributed by atoms with Crippen molar-refractivity contribution in [2.75, 3.05) is 0 Å². The molecule has 0 saturated carbocycles. The van der Waals surface area contributed by atoms with E-state index in [1.165, 1.54) is 0 Å². The molecule has 15 heavy (non-hydrogen) atoms. The van der Waals surface area contributed by atoms with Gasteiger partial charge in [-0.3, -0.25) is 4.79 Å². The predicted molar refractivity (Wildman–Crippen MR) is 68.0 cm³/mol. The molecule has 72 valence electrons. The van der Waals surface area contributed by atoms with Gasteiger partial charge in [0.1, 0.15) is 0 Å². The summed E-state index contributed by atoms with van der Waals surface area (Å²) in [5.74, 6) is 0.152. The Balaban J connectivity index is 2.45. The van der Waals surface area contributed by atoms with E-state index in [1.807, 2.05) is 42.5 Å². The van der Waals surface area contributed by atoms with Crippen molar-refractivity contribution in [2.45, 2.75) is 0 Å². The van der Waals surface area contributed by atoms with Crippen molar-refractivity contribution >= 4 is 28.4 Å². The molecule has 0 N–H and O–H groups in total. The number of fused-ring (bicyclic) bond motifs is 3. The van der Waals surface area contributed by atoms with Gasteiger partial charge in [-0.15, -0.1) is 0 Å². The van der Waals surface area contributed by atoms with Crippen molar-refractivity contribution in [3.05, 3.63) is 57.2 Å². The molecule has 0 bridgehead atoms. The molecule has 1 aliphatic carbocycles. The average molecular weight is 306 g/mol. The Morgan fingerprint density at radius 1 is 0.800 bits per heavy atom. The zero-order valence-corrected chi connectivity index (χ0v) is 9.99. The number of carbonyl (C=O) groups is 1. The van der Waals surface area contributed by atoms with Crippen LogP contribution in [0.1, 0.15) is 15.9 Å². The van der Waals surface area contributed by atoms with Gasteiger partial charge < -0.3 is 0 Å². The third kappa shape index (κ3) is 1.17. The normalized spacial score (nSPS) is 12.5. The van der Waals surface area contributed by atoms with Crippen LogP contribution in [0.5, 0.6) is 0 Å². The summed E-state index contributed by atoms with van der Waals surface area (Å²) < 4.78 is 1.14. The van der Waals surface area contributed by atoms with E-state index in [9.17, 15) is 4.79 Å². The first-order chi connectivity index (χ1) is 7.29. The number of hydrogen-bond acceptors (Lipinski definition) is 1. The van der Waals surface area contributed by atoms with Crippen molar-refractivity contribution in [1.29, 1.82) is 0 Å². The van der Waals surface area contributed by atoms with Gasteiger partial charge in [0.2, 0.25) is 0 Å². The van der Waals surface area contributed by atoms with Crippen LogP contribution in [0.4, 0.5) is 0 Å². The molecule has 0 atom stereocenters. The van der Waals surface area contributed by atoms with E-state index in [1.54, 1.807) is 0 Å². The summed E-state index contributed by atoms with van der Waals surface area (Å²) in [5.41, 5.74) is 3.83. The zero-order chi connectivity index (χ0) is 10.4. The van der Waals surface area contributed by atoms with Gasteiger partial charge in [0.25, 0.3) is 0 Å². The van der Waals surface area contributed by atoms with E-state index >= 15 is 0 Å². The largest absolute Gasteiger partial charge is 0.289 e. The molecule has 2 heteroatoms. The van der Waals surface area contributed by atoms with Gasteiger partial charge in [0.15, 0.2) is 5.78 Å². The summed E-state index contributed by atoms with van der Waals surface area (Å²) in [5, 5.41) is 0. The first-order valence-electron chi connectivity index (χ1n) is 4.71. The number of rotatable bonds is 0. The summed E-state index contributed by atoms with van der Waals surface area (Å²) in [7, 11) is 0. The highest BCUT2D eigenvalue weighted by molar-refractivity contribution is 14.1. The average Bonchev–Trinajstić information content (AvgIpc) is 2.55. The fourth-order valence-corrected chi connectivity index (χ4v) is 2.82. The first-order valence-corrected chi connectivity index (χ1v) is 5.79. The maximum absolute atomic E-state index is 12.0. The topological polar surface area (TPSA) is 17.1 Å². The molecule has 0 spiro atoms. The van der Waals surface area contributed by atoms with Gasteiger partial charge in [-0.25, -0.2) is 0 Å². The fraction of sp³-hybridized carbons (Fsp3) is 0. The van der Waals surface area contributed by atoms with E-state index in [0.29, 0.717) is 0 Å². The lowest BCUT2D eigenvalue weighted by molar-refractivity contribution is 0.104. The highest BCUT2D eigenvalue weighted by atomic mass is 127. The van der Waals surface area contributed by atoms with Crippen molar-refractivity contribution < 1.29 is 4.79 Å². The quantitative estimate of drug-likeness (QED) is 0.581. The van der Waals surface area contributed by atoms with Crippen LogP contribution in [0, 0.1) is 3.57 Å². The second kappa shape index (κ2) is 3.17. The van der Waals surface area contributed by atoms with Gasteiger partial charge in [-0.2, -0.15) is 0 Å². The van der Waals surface area contributed by atoms with Crippen LogP contribution in [0.3, 0.4) is 0 Å². The highest BCUT2D eigenvalue weighted by Gasteiger charge is 2.27. The molecule has 0 fully saturated rings. The van der Waals surface area contributed by atoms with Crippen LogP contribution >= 0.6 is 22.6 Å². The number of ketones is 1. The summed E-state index contributed by atoms with van der Waals surface area (Å²) in [6.07, 6.45) is 0. The summed E-state index contributed by atoms with van der Waals surface area (Å²) in [4.78, 5) is 12.0. The molecule has 2 aromatic rings. The SMILES string of the molecule is O=C1c2ccccc2-c2c(I)cccc21. The van der Waals surface area contributed by atoms with Gasteiger partial charge in [0, 0.05) is 20.3 Å². The Labute approximate surface area is 101 Å². The Morgan fingerprint density at radius 2 is 1.47 bits per heavy atom. The molecule has 0 amide bonds. The zero-order valence-electron chi connectivity index (χ0n) is 7.83. The van der Waals surface area contributed by atoms with Crippen LogP contribution in [0.25, 0.3) is 11.1 Å². The minimum atomic E-state index is 0.152. The van der Waals surface area contributed by atoms with E-state index in [4.69, 9.17) is 0 Å². The fourth-order valence-electron chi connectivity index (χ4n) is 2.03. The lowest BCUT2D eigenvalue weighted by atomic mass is 10.1. The third-order valence-corrected chi connectivity index (χ3v) is 3.60. The second-order valence-electron chi connectivity index (χ2n) is 3.54. The molecular formula is C13H7IO. The minimum Gasteiger partial charge on any atom is -0.289 e. The number of benzene rings is 2. The van der Waals surface area contributed by atoms with E-state index < -0.39 is 0 Å². The molecular weight excluding hydrogens is 299 g/mol. The van der Waals surface area contributed by atoms with Gasteiger partial charge >= 0.3 is 0 Å². The van der Waals surface area contributed by atoms with Gasteiger partial charge in [-0.1, -0.05) is 36.4 Å². The molecule has 0 radical (unpaired) electrons. The van der Waals surface area contributed by atoms with Crippen molar-refractivity contribution in [1.82, 2.24) is 0 Å². The second-order valence-corrected chi connectivity index (χ2v) is 4.70. The molecule has 0 aromatic heterocycles. The van der Waals surface area contributed by atoms with Crippen LogP contribution in [0.2, 0.25) is 0 Å². The summed E-state index contributed by atoms with van der Waals surface area (Å²) in [6, 6.07) is 13.7. The molecule has 0 unspecified atom stereocenters. The van der Waals surface area contributed by atoms with Crippen LogP contribution in [0.15, 0.2) is 42.5 Å². The highest BCUT2D eigenvalue weighted by Crippen LogP contribution is 2.38. The molecule has 3 rings (SSSR count). The van der Waals surface area contributed by atoms with E-state index in [2.05, 4.69) is 22.6 Å². The third-order valence-electron chi connectivity index (χ3n) is 2.70. The van der Waals surface area contributed by atoms with Crippen LogP contribution in [-0.4, -0.2) is 5.78 Å². The molecule has 0 aliphatic heterocycles. The Hall–Kier alpha value is -1.16. The number of carbonyl (C=O) groups excluding carboxylic acids is 1. The van der Waals surface area contributed by atoms with Crippen molar-refractivity contribution in [3.8, 4) is 11.1 Å². The van der Waals surface area contributed by atoms with Crippen LogP contribution in [-0.2, 0) is 0 Å². The maximum atomic E-state index is 12.0. The van der Waals surface area contributed by atoms with Crippen molar-refractivity contribution in [3.63, 3.8) is 0 Å². The number of hydrogen-bond donors (Lipinski definition) is 0. The Kier molecular flexibility index (Phi) is 1.92. The lowest BCUT2D eigenvalue weighted by Crippen LogP contribution is -1.94. The standard InChI is InChI=1S/C13H7IO/c14-11-7-3-6-10-12(11)8-4-1-2-5-9(8)13(10)15/h1-7H. The van der Waals surface area contributed by atoms with Crippen LogP contribution < -0.4 is 0 Å². The Bertz CT molecular complexity index is 572. The van der Waals surface area contributed by atoms with Gasteiger partial charge in [-0.05, 0) is 34.2 Å². The summed E-state index contributed by atoms with van der Waals surface area (Å²) >= 11 is 2.28. The first kappa shape index (κ1) is 9.09. The van der Waals surface area contributed by atoms with Gasteiger partial charge in [0.05, 0.1) is 0 Å². The molecule has 1 nitrogen and oxygen atoms in total. The smallest absolute Gasteiger partial charge is 0.194 e. The monoisotopic (exact) mass is 306 g/mol. The molecule has 0 heterocycles. The Morgan fingerprint density at radius 3 is 2.27 bits per heavy atom. The predicted octanol–water partition coefficient (Wildman–Crippen LogP) is 3.50. The van der Waals surface area contributed by atoms with E-state index in [0.717, 1.165) is 25.8 Å². The molecule has 2 aromatic carbocycles. The van der Waals surface area contributed by atoms with E-state index in [-0.39, 0.29) is 5.78 Å². The maximum Gasteiger partial charge on any atom is 0.194 e. The lowest BCUT2D eigenvalue weighted by Gasteiger charge is -2.01. The minimum absolute atomic E-state index is 0.152.